The Morgan fingerprint density at radius 2 is 1.91 bits per heavy atom. The van der Waals surface area contributed by atoms with Crippen LogP contribution in [0.4, 0.5) is 5.82 Å². The van der Waals surface area contributed by atoms with Gasteiger partial charge in [0.05, 0.1) is 0 Å². The number of aromatic nitrogens is 2. The van der Waals surface area contributed by atoms with E-state index < -0.39 is 0 Å². The molecular weight excluding hydrogens is 274 g/mol. The highest BCUT2D eigenvalue weighted by Crippen LogP contribution is 2.46. The van der Waals surface area contributed by atoms with E-state index in [4.69, 9.17) is 4.74 Å². The van der Waals surface area contributed by atoms with E-state index in [0.717, 1.165) is 23.8 Å². The van der Waals surface area contributed by atoms with Crippen LogP contribution in [0.2, 0.25) is 0 Å². The van der Waals surface area contributed by atoms with Crippen LogP contribution in [0.15, 0.2) is 42.6 Å². The number of nitrogens with zero attached hydrogens (tertiary/aromatic N) is 3. The van der Waals surface area contributed by atoms with Crippen LogP contribution >= 0.6 is 0 Å². The Labute approximate surface area is 132 Å². The van der Waals surface area contributed by atoms with Crippen LogP contribution < -0.4 is 9.64 Å². The summed E-state index contributed by atoms with van der Waals surface area (Å²) in [5.41, 5.74) is 0.0729. The zero-order valence-corrected chi connectivity index (χ0v) is 13.7. The van der Waals surface area contributed by atoms with Crippen molar-refractivity contribution in [2.24, 2.45) is 5.41 Å². The van der Waals surface area contributed by atoms with E-state index in [2.05, 4.69) is 35.8 Å². The Balaban J connectivity index is 1.70. The fraction of sp³-hybridized carbons (Fsp3) is 0.444. The number of para-hydroxylation sites is 1. The maximum Gasteiger partial charge on any atom is 0.132 e. The number of anilines is 1. The minimum absolute atomic E-state index is 0.0729. The van der Waals surface area contributed by atoms with E-state index in [9.17, 15) is 0 Å². The fourth-order valence-corrected chi connectivity index (χ4v) is 3.18. The van der Waals surface area contributed by atoms with Gasteiger partial charge in [0, 0.05) is 31.1 Å². The molecule has 4 nitrogen and oxygen atoms in total. The molecule has 2 aromatic rings. The Morgan fingerprint density at radius 3 is 2.55 bits per heavy atom. The van der Waals surface area contributed by atoms with Crippen molar-refractivity contribution in [3.05, 3.63) is 48.4 Å². The summed E-state index contributed by atoms with van der Waals surface area (Å²) in [4.78, 5) is 10.9. The third-order valence-electron chi connectivity index (χ3n) is 4.74. The first-order chi connectivity index (χ1) is 10.5. The molecule has 4 heteroatoms. The lowest BCUT2D eigenvalue weighted by Crippen LogP contribution is -2.62. The fourth-order valence-electron chi connectivity index (χ4n) is 3.18. The van der Waals surface area contributed by atoms with Crippen molar-refractivity contribution in [1.29, 1.82) is 0 Å². The maximum atomic E-state index is 6.15. The van der Waals surface area contributed by atoms with Crippen LogP contribution in [0, 0.1) is 12.3 Å². The van der Waals surface area contributed by atoms with Crippen molar-refractivity contribution in [3.8, 4) is 5.75 Å². The summed E-state index contributed by atoms with van der Waals surface area (Å²) in [5, 5.41) is 0. The third kappa shape index (κ3) is 2.65. The molecule has 0 bridgehead atoms. The summed E-state index contributed by atoms with van der Waals surface area (Å²) in [7, 11) is 2.10. The quantitative estimate of drug-likeness (QED) is 0.866. The Morgan fingerprint density at radius 1 is 1.18 bits per heavy atom. The summed E-state index contributed by atoms with van der Waals surface area (Å²) < 4.78 is 6.15. The lowest BCUT2D eigenvalue weighted by molar-refractivity contribution is -0.0417. The van der Waals surface area contributed by atoms with E-state index in [-0.39, 0.29) is 11.5 Å². The van der Waals surface area contributed by atoms with Gasteiger partial charge in [-0.3, -0.25) is 0 Å². The Kier molecular flexibility index (Phi) is 3.77. The van der Waals surface area contributed by atoms with E-state index in [0.29, 0.717) is 6.04 Å². The lowest BCUT2D eigenvalue weighted by Gasteiger charge is -2.55. The average Bonchev–Trinajstić information content (AvgIpc) is 2.51. The number of aryl methyl sites for hydroxylation is 1. The van der Waals surface area contributed by atoms with Crippen molar-refractivity contribution >= 4 is 5.82 Å². The molecule has 1 aromatic heterocycles. The molecule has 2 atom stereocenters. The van der Waals surface area contributed by atoms with E-state index in [1.165, 1.54) is 0 Å². The monoisotopic (exact) mass is 297 g/mol. The van der Waals surface area contributed by atoms with Gasteiger partial charge < -0.3 is 9.64 Å². The molecule has 0 saturated heterocycles. The normalized spacial score (nSPS) is 22.7. The Bertz CT molecular complexity index is 642. The highest BCUT2D eigenvalue weighted by atomic mass is 16.5. The van der Waals surface area contributed by atoms with Gasteiger partial charge in [-0.15, -0.1) is 0 Å². The molecule has 22 heavy (non-hydrogen) atoms. The van der Waals surface area contributed by atoms with Gasteiger partial charge in [-0.1, -0.05) is 32.0 Å². The van der Waals surface area contributed by atoms with Gasteiger partial charge >= 0.3 is 0 Å². The van der Waals surface area contributed by atoms with Gasteiger partial charge in [-0.05, 0) is 25.1 Å². The summed E-state index contributed by atoms with van der Waals surface area (Å²) in [6, 6.07) is 12.4. The molecule has 1 fully saturated rings. The number of ether oxygens (including phenoxy) is 1. The van der Waals surface area contributed by atoms with Gasteiger partial charge in [-0.25, -0.2) is 9.97 Å². The largest absolute Gasteiger partial charge is 0.490 e. The van der Waals surface area contributed by atoms with Gasteiger partial charge in [0.25, 0.3) is 0 Å². The zero-order chi connectivity index (χ0) is 15.7. The van der Waals surface area contributed by atoms with Gasteiger partial charge in [0.2, 0.25) is 0 Å². The summed E-state index contributed by atoms with van der Waals surface area (Å²) in [6.07, 6.45) is 3.05. The average molecular weight is 297 g/mol. The van der Waals surface area contributed by atoms with Crippen LogP contribution in [-0.2, 0) is 0 Å². The second-order valence-electron chi connectivity index (χ2n) is 6.57. The van der Waals surface area contributed by atoms with Crippen molar-refractivity contribution < 1.29 is 4.74 Å². The number of hydrogen-bond acceptors (Lipinski definition) is 4. The molecule has 0 spiro atoms. The smallest absolute Gasteiger partial charge is 0.132 e. The molecule has 0 N–H and O–H groups in total. The first kappa shape index (κ1) is 14.8. The van der Waals surface area contributed by atoms with Crippen LogP contribution in [-0.4, -0.2) is 29.2 Å². The molecule has 1 aliphatic rings. The summed E-state index contributed by atoms with van der Waals surface area (Å²) in [5.74, 6) is 2.72. The van der Waals surface area contributed by atoms with Crippen LogP contribution in [0.1, 0.15) is 26.1 Å². The van der Waals surface area contributed by atoms with Gasteiger partial charge in [0.1, 0.15) is 23.5 Å². The third-order valence-corrected chi connectivity index (χ3v) is 4.74. The predicted octanol–water partition coefficient (Wildman–Crippen LogP) is 3.47. The molecule has 1 saturated carbocycles. The van der Waals surface area contributed by atoms with Gasteiger partial charge in [0.15, 0.2) is 0 Å². The second-order valence-corrected chi connectivity index (χ2v) is 6.57. The minimum atomic E-state index is 0.0729. The van der Waals surface area contributed by atoms with Crippen molar-refractivity contribution in [1.82, 2.24) is 9.97 Å². The molecule has 0 aliphatic heterocycles. The SMILES string of the molecule is Cc1nccc(N(C)[C@@H]2C[C@@H](Oc3ccccc3)C2(C)C)n1. The van der Waals surface area contributed by atoms with E-state index >= 15 is 0 Å². The van der Waals surface area contributed by atoms with E-state index in [1.54, 1.807) is 0 Å². The van der Waals surface area contributed by atoms with Crippen LogP contribution in [0.5, 0.6) is 5.75 Å². The van der Waals surface area contributed by atoms with Gasteiger partial charge in [-0.2, -0.15) is 0 Å². The molecule has 0 unspecified atom stereocenters. The standard InChI is InChI=1S/C18H23N3O/c1-13-19-11-10-17(20-13)21(4)15-12-16(18(15,2)3)22-14-8-6-5-7-9-14/h5-11,15-16H,12H2,1-4H3/t15-,16-/m1/s1. The molecule has 116 valence electrons. The molecular formula is C18H23N3O. The molecule has 1 heterocycles. The van der Waals surface area contributed by atoms with Crippen molar-refractivity contribution in [2.75, 3.05) is 11.9 Å². The number of rotatable bonds is 4. The van der Waals surface area contributed by atoms with Crippen LogP contribution in [0.25, 0.3) is 0 Å². The Hall–Kier alpha value is -2.10. The molecule has 0 amide bonds. The van der Waals surface area contributed by atoms with Crippen molar-refractivity contribution in [3.63, 3.8) is 0 Å². The van der Waals surface area contributed by atoms with E-state index in [1.807, 2.05) is 49.5 Å². The highest BCUT2D eigenvalue weighted by molar-refractivity contribution is 5.40. The lowest BCUT2D eigenvalue weighted by atomic mass is 9.64. The molecule has 1 aromatic carbocycles. The topological polar surface area (TPSA) is 38.2 Å². The number of benzene rings is 1. The second kappa shape index (κ2) is 5.59. The van der Waals surface area contributed by atoms with Crippen molar-refractivity contribution in [2.45, 2.75) is 39.3 Å². The zero-order valence-electron chi connectivity index (χ0n) is 13.7. The maximum absolute atomic E-state index is 6.15. The first-order valence-electron chi connectivity index (χ1n) is 7.72. The first-order valence-corrected chi connectivity index (χ1v) is 7.72. The molecule has 3 rings (SSSR count). The predicted molar refractivity (Wildman–Crippen MR) is 88.2 cm³/mol. The summed E-state index contributed by atoms with van der Waals surface area (Å²) in [6.45, 7) is 6.45. The molecule has 0 radical (unpaired) electrons. The molecule has 1 aliphatic carbocycles. The van der Waals surface area contributed by atoms with Crippen LogP contribution in [0.3, 0.4) is 0 Å². The number of hydrogen-bond donors (Lipinski definition) is 0. The minimum Gasteiger partial charge on any atom is -0.490 e. The highest BCUT2D eigenvalue weighted by Gasteiger charge is 2.52. The summed E-state index contributed by atoms with van der Waals surface area (Å²) >= 11 is 0.